The molecule has 3 rings (SSSR count). The number of benzene rings is 1. The van der Waals surface area contributed by atoms with Gasteiger partial charge in [0.2, 0.25) is 0 Å². The maximum absolute atomic E-state index is 12.8. The first kappa shape index (κ1) is 17.7. The number of carbonyl (C=O) groups excluding carboxylic acids is 2. The smallest absolute Gasteiger partial charge is 0.329 e. The lowest BCUT2D eigenvalue weighted by Gasteiger charge is -2.27. The summed E-state index contributed by atoms with van der Waals surface area (Å²) >= 11 is 0. The van der Waals surface area contributed by atoms with Crippen molar-refractivity contribution < 1.29 is 24.0 Å². The molecule has 2 fully saturated rings. The summed E-state index contributed by atoms with van der Waals surface area (Å²) in [6, 6.07) is 7.49. The molecule has 2 heterocycles. The van der Waals surface area contributed by atoms with Gasteiger partial charge in [-0.15, -0.1) is 0 Å². The summed E-state index contributed by atoms with van der Waals surface area (Å²) in [5, 5.41) is 2.88. The average Bonchev–Trinajstić information content (AvgIpc) is 2.85. The molecule has 0 saturated carbocycles. The number of carbonyl (C=O) groups is 2. The quantitative estimate of drug-likeness (QED) is 0.699. The van der Waals surface area contributed by atoms with Crippen molar-refractivity contribution in [1.29, 1.82) is 0 Å². The number of methoxy groups -OCH3 is 1. The van der Waals surface area contributed by atoms with E-state index in [1.165, 1.54) is 9.80 Å². The minimum atomic E-state index is -0.845. The Bertz CT molecular complexity index is 628. The highest BCUT2D eigenvalue weighted by atomic mass is 16.5. The highest BCUT2D eigenvalue weighted by Gasteiger charge is 2.48. The first-order valence-electron chi connectivity index (χ1n) is 8.70. The molecule has 136 valence electrons. The second kappa shape index (κ2) is 7.41. The van der Waals surface area contributed by atoms with E-state index in [0.717, 1.165) is 24.4 Å². The molecule has 0 bridgehead atoms. The third-order valence-electron chi connectivity index (χ3n) is 5.00. The molecule has 1 aromatic carbocycles. The predicted octanol–water partition coefficient (Wildman–Crippen LogP) is -0.189. The molecular weight excluding hydrogens is 322 g/mol. The standard InChI is InChI=1S/C18H25N3O4/c1-18(8-7-14-3-5-15(24-2)6-4-14)16(22)21(17(23)19-18)13-20-9-11-25-12-10-20/h3-6H,7-13H2,1-2H3,(H,19,23)/p+1/t18-/m0/s1. The van der Waals surface area contributed by atoms with E-state index in [2.05, 4.69) is 5.32 Å². The van der Waals surface area contributed by atoms with E-state index in [4.69, 9.17) is 9.47 Å². The molecule has 0 spiro atoms. The number of quaternary nitrogens is 1. The van der Waals surface area contributed by atoms with Crippen molar-refractivity contribution in [3.05, 3.63) is 29.8 Å². The fraction of sp³-hybridized carbons (Fsp3) is 0.556. The van der Waals surface area contributed by atoms with E-state index >= 15 is 0 Å². The SMILES string of the molecule is COc1ccc(CC[C@]2(C)NC(=O)N(C[NH+]3CCOCC3)C2=O)cc1. The molecule has 7 heteroatoms. The summed E-state index contributed by atoms with van der Waals surface area (Å²) < 4.78 is 10.5. The summed E-state index contributed by atoms with van der Waals surface area (Å²) in [4.78, 5) is 27.7. The van der Waals surface area contributed by atoms with Gasteiger partial charge in [-0.05, 0) is 37.5 Å². The van der Waals surface area contributed by atoms with Gasteiger partial charge in [0.05, 0.1) is 20.3 Å². The number of imide groups is 1. The summed E-state index contributed by atoms with van der Waals surface area (Å²) in [5.74, 6) is 0.671. The molecule has 2 aliphatic rings. The molecule has 0 aromatic heterocycles. The lowest BCUT2D eigenvalue weighted by Crippen LogP contribution is -3.15. The second-order valence-corrected chi connectivity index (χ2v) is 6.86. The lowest BCUT2D eigenvalue weighted by molar-refractivity contribution is -0.915. The number of morpholine rings is 1. The van der Waals surface area contributed by atoms with Crippen LogP contribution in [0.25, 0.3) is 0 Å². The Kier molecular flexibility index (Phi) is 5.24. The Morgan fingerprint density at radius 1 is 1.24 bits per heavy atom. The van der Waals surface area contributed by atoms with Crippen molar-refractivity contribution in [2.24, 2.45) is 0 Å². The van der Waals surface area contributed by atoms with Crippen molar-refractivity contribution >= 4 is 11.9 Å². The summed E-state index contributed by atoms with van der Waals surface area (Å²) in [6.45, 7) is 5.21. The molecule has 1 atom stereocenters. The minimum absolute atomic E-state index is 0.134. The topological polar surface area (TPSA) is 72.3 Å². The number of urea groups is 1. The summed E-state index contributed by atoms with van der Waals surface area (Å²) in [6.07, 6.45) is 1.28. The van der Waals surface area contributed by atoms with Gasteiger partial charge >= 0.3 is 6.03 Å². The van der Waals surface area contributed by atoms with E-state index in [-0.39, 0.29) is 11.9 Å². The maximum Gasteiger partial charge on any atom is 0.329 e. The Morgan fingerprint density at radius 3 is 2.56 bits per heavy atom. The van der Waals surface area contributed by atoms with Crippen LogP contribution in [-0.2, 0) is 16.0 Å². The molecule has 2 aliphatic heterocycles. The molecule has 0 radical (unpaired) electrons. The number of aryl methyl sites for hydroxylation is 1. The monoisotopic (exact) mass is 348 g/mol. The molecule has 7 nitrogen and oxygen atoms in total. The van der Waals surface area contributed by atoms with E-state index in [1.807, 2.05) is 31.2 Å². The molecule has 25 heavy (non-hydrogen) atoms. The molecule has 1 aromatic rings. The van der Waals surface area contributed by atoms with Crippen LogP contribution in [0.1, 0.15) is 18.9 Å². The zero-order chi connectivity index (χ0) is 17.9. The average molecular weight is 348 g/mol. The fourth-order valence-electron chi connectivity index (χ4n) is 3.29. The van der Waals surface area contributed by atoms with Gasteiger partial charge in [-0.25, -0.2) is 9.69 Å². The van der Waals surface area contributed by atoms with Gasteiger partial charge in [0.25, 0.3) is 5.91 Å². The molecule has 2 N–H and O–H groups in total. The van der Waals surface area contributed by atoms with Gasteiger partial charge in [0, 0.05) is 0 Å². The van der Waals surface area contributed by atoms with Crippen molar-refractivity contribution in [3.63, 3.8) is 0 Å². The number of nitrogens with one attached hydrogen (secondary N) is 2. The van der Waals surface area contributed by atoms with E-state index in [9.17, 15) is 9.59 Å². The highest BCUT2D eigenvalue weighted by Crippen LogP contribution is 2.23. The maximum atomic E-state index is 12.8. The highest BCUT2D eigenvalue weighted by molar-refractivity contribution is 6.06. The third-order valence-corrected chi connectivity index (χ3v) is 5.00. The van der Waals surface area contributed by atoms with Crippen LogP contribution in [0, 0.1) is 0 Å². The van der Waals surface area contributed by atoms with Crippen LogP contribution in [0.15, 0.2) is 24.3 Å². The van der Waals surface area contributed by atoms with Crippen LogP contribution in [0.4, 0.5) is 4.79 Å². The van der Waals surface area contributed by atoms with Gasteiger partial charge in [0.1, 0.15) is 24.4 Å². The number of rotatable bonds is 6. The molecule has 0 aliphatic carbocycles. The zero-order valence-corrected chi connectivity index (χ0v) is 14.8. The van der Waals surface area contributed by atoms with Gasteiger partial charge in [-0.1, -0.05) is 12.1 Å². The second-order valence-electron chi connectivity index (χ2n) is 6.86. The van der Waals surface area contributed by atoms with Crippen LogP contribution in [-0.4, -0.2) is 62.5 Å². The Hall–Kier alpha value is -2.12. The molecule has 2 saturated heterocycles. The van der Waals surface area contributed by atoms with Gasteiger partial charge in [0.15, 0.2) is 6.67 Å². The van der Waals surface area contributed by atoms with Crippen LogP contribution < -0.4 is 15.0 Å². The molecule has 3 amide bonds. The first-order valence-corrected chi connectivity index (χ1v) is 8.70. The van der Waals surface area contributed by atoms with E-state index in [0.29, 0.717) is 32.7 Å². The van der Waals surface area contributed by atoms with E-state index < -0.39 is 5.54 Å². The van der Waals surface area contributed by atoms with Crippen LogP contribution >= 0.6 is 0 Å². The van der Waals surface area contributed by atoms with Gasteiger partial charge < -0.3 is 19.7 Å². The Balaban J connectivity index is 1.60. The number of hydrogen-bond donors (Lipinski definition) is 2. The largest absolute Gasteiger partial charge is 0.497 e. The number of ether oxygens (including phenoxy) is 2. The zero-order valence-electron chi connectivity index (χ0n) is 14.8. The van der Waals surface area contributed by atoms with Crippen molar-refractivity contribution in [2.45, 2.75) is 25.3 Å². The van der Waals surface area contributed by atoms with Gasteiger partial charge in [-0.3, -0.25) is 4.79 Å². The van der Waals surface area contributed by atoms with Crippen molar-refractivity contribution in [3.8, 4) is 5.75 Å². The van der Waals surface area contributed by atoms with Crippen LogP contribution in [0.2, 0.25) is 0 Å². The molecule has 0 unspecified atom stereocenters. The van der Waals surface area contributed by atoms with Crippen molar-refractivity contribution in [2.75, 3.05) is 40.1 Å². The number of nitrogens with zero attached hydrogens (tertiary/aromatic N) is 1. The van der Waals surface area contributed by atoms with E-state index in [1.54, 1.807) is 7.11 Å². The predicted molar refractivity (Wildman–Crippen MR) is 91.5 cm³/mol. The molecular formula is C18H26N3O4+. The van der Waals surface area contributed by atoms with Crippen LogP contribution in [0.5, 0.6) is 5.75 Å². The third kappa shape index (κ3) is 3.93. The van der Waals surface area contributed by atoms with Crippen LogP contribution in [0.3, 0.4) is 0 Å². The fourth-order valence-corrected chi connectivity index (χ4v) is 3.29. The van der Waals surface area contributed by atoms with Crippen molar-refractivity contribution in [1.82, 2.24) is 10.2 Å². The number of amides is 3. The summed E-state index contributed by atoms with van der Waals surface area (Å²) in [5.41, 5.74) is 0.268. The number of hydrogen-bond acceptors (Lipinski definition) is 4. The summed E-state index contributed by atoms with van der Waals surface area (Å²) in [7, 11) is 1.63. The van der Waals surface area contributed by atoms with Gasteiger partial charge in [-0.2, -0.15) is 0 Å². The lowest BCUT2D eigenvalue weighted by atomic mass is 9.93. The Morgan fingerprint density at radius 2 is 1.92 bits per heavy atom. The minimum Gasteiger partial charge on any atom is -0.497 e. The normalized spacial score (nSPS) is 24.5. The first-order chi connectivity index (χ1) is 12.0. The Labute approximate surface area is 147 Å².